The van der Waals surface area contributed by atoms with Gasteiger partial charge >= 0.3 is 5.97 Å². The minimum Gasteiger partial charge on any atom is -0.480 e. The van der Waals surface area contributed by atoms with Crippen LogP contribution in [0.3, 0.4) is 0 Å². The van der Waals surface area contributed by atoms with Gasteiger partial charge in [-0.25, -0.2) is 4.79 Å². The second kappa shape index (κ2) is 3.79. The van der Waals surface area contributed by atoms with Crippen molar-refractivity contribution in [3.8, 4) is 0 Å². The fourth-order valence-corrected chi connectivity index (χ4v) is 2.13. The van der Waals surface area contributed by atoms with Gasteiger partial charge in [-0.1, -0.05) is 0 Å². The molecule has 2 aliphatic heterocycles. The smallest absolute Gasteiger partial charge is 0.326 e. The zero-order valence-corrected chi connectivity index (χ0v) is 8.26. The maximum atomic E-state index is 11.8. The average Bonchev–Trinajstić information content (AvgIpc) is 2.55. The summed E-state index contributed by atoms with van der Waals surface area (Å²) in [5, 5.41) is 8.96. The lowest BCUT2D eigenvalue weighted by Gasteiger charge is -2.26. The van der Waals surface area contributed by atoms with Crippen LogP contribution in [0.4, 0.5) is 0 Å². The number of ether oxygens (including phenoxy) is 1. The summed E-state index contributed by atoms with van der Waals surface area (Å²) in [6.45, 7) is 0.417. The fourth-order valence-electron chi connectivity index (χ4n) is 2.13. The van der Waals surface area contributed by atoms with Gasteiger partial charge in [0.15, 0.2) is 0 Å². The molecule has 2 saturated heterocycles. The maximum absolute atomic E-state index is 11.8. The highest BCUT2D eigenvalue weighted by molar-refractivity contribution is 5.87. The first-order chi connectivity index (χ1) is 7.11. The summed E-state index contributed by atoms with van der Waals surface area (Å²) in [6, 6.07) is -1.40. The summed E-state index contributed by atoms with van der Waals surface area (Å²) < 4.78 is 5.41. The second-order valence-corrected chi connectivity index (χ2v) is 3.90. The van der Waals surface area contributed by atoms with E-state index in [0.717, 1.165) is 0 Å². The summed E-state index contributed by atoms with van der Waals surface area (Å²) in [7, 11) is 0. The highest BCUT2D eigenvalue weighted by Gasteiger charge is 2.44. The van der Waals surface area contributed by atoms with E-state index in [1.807, 2.05) is 0 Å². The molecule has 84 valence electrons. The third-order valence-electron chi connectivity index (χ3n) is 2.93. The van der Waals surface area contributed by atoms with E-state index in [0.29, 0.717) is 25.9 Å². The third kappa shape index (κ3) is 1.70. The number of fused-ring (bicyclic) bond motifs is 1. The lowest BCUT2D eigenvalue weighted by Crippen LogP contribution is -2.50. The normalized spacial score (nSPS) is 36.2. The van der Waals surface area contributed by atoms with E-state index in [1.165, 1.54) is 4.90 Å². The number of rotatable bonds is 1. The number of carbonyl (C=O) groups is 2. The topological polar surface area (TPSA) is 92.9 Å². The number of amides is 1. The van der Waals surface area contributed by atoms with E-state index < -0.39 is 24.3 Å². The van der Waals surface area contributed by atoms with Crippen LogP contribution in [-0.4, -0.2) is 46.8 Å². The predicted octanol–water partition coefficient (Wildman–Crippen LogP) is -0.864. The van der Waals surface area contributed by atoms with Crippen LogP contribution in [0.25, 0.3) is 0 Å². The largest absolute Gasteiger partial charge is 0.480 e. The average molecular weight is 214 g/mol. The molecular formula is C9H14N2O4. The van der Waals surface area contributed by atoms with Crippen LogP contribution >= 0.6 is 0 Å². The summed E-state index contributed by atoms with van der Waals surface area (Å²) in [5.41, 5.74) is 5.63. The minimum atomic E-state index is -0.983. The number of hydrogen-bond donors (Lipinski definition) is 2. The number of nitrogens with zero attached hydrogens (tertiary/aromatic N) is 1. The number of carboxylic acid groups (broad SMARTS) is 1. The van der Waals surface area contributed by atoms with Gasteiger partial charge in [-0.3, -0.25) is 4.79 Å². The van der Waals surface area contributed by atoms with Crippen LogP contribution in [0.2, 0.25) is 0 Å². The maximum Gasteiger partial charge on any atom is 0.326 e. The fraction of sp³-hybridized carbons (Fsp3) is 0.778. The zero-order chi connectivity index (χ0) is 11.0. The minimum absolute atomic E-state index is 0.303. The summed E-state index contributed by atoms with van der Waals surface area (Å²) >= 11 is 0. The molecule has 0 aromatic rings. The van der Waals surface area contributed by atoms with Crippen molar-refractivity contribution < 1.29 is 19.4 Å². The van der Waals surface area contributed by atoms with Gasteiger partial charge in [0, 0.05) is 0 Å². The van der Waals surface area contributed by atoms with Gasteiger partial charge < -0.3 is 20.5 Å². The Kier molecular flexibility index (Phi) is 2.62. The Morgan fingerprint density at radius 1 is 1.47 bits per heavy atom. The molecule has 2 rings (SSSR count). The van der Waals surface area contributed by atoms with Crippen molar-refractivity contribution in [1.82, 2.24) is 4.90 Å². The molecule has 0 bridgehead atoms. The lowest BCUT2D eigenvalue weighted by atomic mass is 10.1. The van der Waals surface area contributed by atoms with Crippen molar-refractivity contribution in [3.05, 3.63) is 0 Å². The highest BCUT2D eigenvalue weighted by Crippen LogP contribution is 2.28. The molecule has 0 spiro atoms. The highest BCUT2D eigenvalue weighted by atomic mass is 16.5. The van der Waals surface area contributed by atoms with Crippen LogP contribution in [0, 0.1) is 0 Å². The van der Waals surface area contributed by atoms with E-state index in [-0.39, 0.29) is 5.91 Å². The van der Waals surface area contributed by atoms with E-state index in [4.69, 9.17) is 15.6 Å². The molecule has 1 amide bonds. The van der Waals surface area contributed by atoms with Crippen molar-refractivity contribution in [1.29, 1.82) is 0 Å². The van der Waals surface area contributed by atoms with Crippen molar-refractivity contribution in [2.24, 2.45) is 5.73 Å². The molecule has 6 nitrogen and oxygen atoms in total. The predicted molar refractivity (Wildman–Crippen MR) is 49.8 cm³/mol. The van der Waals surface area contributed by atoms with Crippen LogP contribution in [0.15, 0.2) is 0 Å². The summed E-state index contributed by atoms with van der Waals surface area (Å²) in [5.74, 6) is -1.29. The number of carboxylic acids is 1. The van der Waals surface area contributed by atoms with Gasteiger partial charge in [-0.05, 0) is 19.3 Å². The molecule has 2 aliphatic rings. The second-order valence-electron chi connectivity index (χ2n) is 3.90. The molecule has 0 aromatic carbocycles. The van der Waals surface area contributed by atoms with Crippen LogP contribution in [0.5, 0.6) is 0 Å². The molecule has 1 unspecified atom stereocenters. The number of carbonyl (C=O) groups excluding carboxylic acids is 1. The summed E-state index contributed by atoms with van der Waals surface area (Å²) in [4.78, 5) is 24.0. The molecule has 2 heterocycles. The monoisotopic (exact) mass is 214 g/mol. The lowest BCUT2D eigenvalue weighted by molar-refractivity contribution is -0.155. The Morgan fingerprint density at radius 3 is 2.87 bits per heavy atom. The molecular weight excluding hydrogens is 200 g/mol. The number of hydrogen-bond acceptors (Lipinski definition) is 4. The quantitative estimate of drug-likeness (QED) is 0.592. The number of aliphatic carboxylic acids is 1. The van der Waals surface area contributed by atoms with Crippen molar-refractivity contribution in [2.75, 3.05) is 6.61 Å². The molecule has 0 aromatic heterocycles. The first-order valence-electron chi connectivity index (χ1n) is 5.03. The first kappa shape index (κ1) is 10.4. The van der Waals surface area contributed by atoms with E-state index >= 15 is 0 Å². The van der Waals surface area contributed by atoms with Crippen LogP contribution in [-0.2, 0) is 14.3 Å². The third-order valence-corrected chi connectivity index (χ3v) is 2.93. The van der Waals surface area contributed by atoms with Crippen LogP contribution < -0.4 is 5.73 Å². The van der Waals surface area contributed by atoms with Crippen molar-refractivity contribution >= 4 is 11.9 Å². The Morgan fingerprint density at radius 2 is 2.20 bits per heavy atom. The van der Waals surface area contributed by atoms with E-state index in [2.05, 4.69) is 0 Å². The van der Waals surface area contributed by atoms with Gasteiger partial charge in [0.2, 0.25) is 5.91 Å². The van der Waals surface area contributed by atoms with Gasteiger partial charge in [-0.2, -0.15) is 0 Å². The van der Waals surface area contributed by atoms with Gasteiger partial charge in [-0.15, -0.1) is 0 Å². The zero-order valence-electron chi connectivity index (χ0n) is 8.26. The Labute approximate surface area is 87.0 Å². The van der Waals surface area contributed by atoms with Gasteiger partial charge in [0.1, 0.15) is 12.3 Å². The molecule has 0 aliphatic carbocycles. The van der Waals surface area contributed by atoms with E-state index in [1.54, 1.807) is 0 Å². The molecule has 2 fully saturated rings. The molecule has 0 radical (unpaired) electrons. The number of nitrogens with two attached hydrogens (primary N) is 1. The van der Waals surface area contributed by atoms with Crippen LogP contribution in [0.1, 0.15) is 19.3 Å². The van der Waals surface area contributed by atoms with E-state index in [9.17, 15) is 9.59 Å². The van der Waals surface area contributed by atoms with Crippen molar-refractivity contribution in [2.45, 2.75) is 37.6 Å². The first-order valence-corrected chi connectivity index (χ1v) is 5.03. The summed E-state index contributed by atoms with van der Waals surface area (Å²) in [6.07, 6.45) is 1.08. The van der Waals surface area contributed by atoms with Gasteiger partial charge in [0.05, 0.1) is 12.6 Å². The molecule has 15 heavy (non-hydrogen) atoms. The molecule has 3 N–H and O–H groups in total. The molecule has 6 heteroatoms. The molecule has 3 atom stereocenters. The Bertz CT molecular complexity index is 294. The SMILES string of the molecule is N[C@H]1CCOC2CC[C@@H](C(=O)O)N2C1=O. The molecule has 0 saturated carbocycles. The van der Waals surface area contributed by atoms with Crippen molar-refractivity contribution in [3.63, 3.8) is 0 Å². The Hall–Kier alpha value is -1.14. The standard InChI is InChI=1S/C9H14N2O4/c10-5-3-4-15-7-2-1-6(9(13)14)11(7)8(5)12/h5-7H,1-4,10H2,(H,13,14)/t5-,6-,7?/m0/s1. The van der Waals surface area contributed by atoms with Gasteiger partial charge in [0.25, 0.3) is 0 Å². The Balaban J connectivity index is 2.23.